The van der Waals surface area contributed by atoms with Crippen LogP contribution in [-0.4, -0.2) is 51.5 Å². The van der Waals surface area contributed by atoms with Gasteiger partial charge in [-0.3, -0.25) is 9.58 Å². The molecule has 1 aliphatic heterocycles. The third-order valence-electron chi connectivity index (χ3n) is 5.24. The SMILES string of the molecule is Cc1nn(Cc2ccccc2)c2sc(-c3nc(C4CNCCN4C)no3)cc12. The number of benzene rings is 1. The van der Waals surface area contributed by atoms with Gasteiger partial charge in [-0.05, 0) is 25.6 Å². The molecule has 0 bridgehead atoms. The van der Waals surface area contributed by atoms with E-state index in [4.69, 9.17) is 14.6 Å². The molecule has 1 aromatic carbocycles. The number of fused-ring (bicyclic) bond motifs is 1. The van der Waals surface area contributed by atoms with E-state index in [1.54, 1.807) is 11.3 Å². The first kappa shape index (κ1) is 17.5. The summed E-state index contributed by atoms with van der Waals surface area (Å²) in [6, 6.07) is 12.6. The number of hydrogen-bond acceptors (Lipinski definition) is 7. The molecule has 8 heteroatoms. The van der Waals surface area contributed by atoms with Crippen molar-refractivity contribution in [1.29, 1.82) is 0 Å². The Bertz CT molecular complexity index is 1100. The lowest BCUT2D eigenvalue weighted by Gasteiger charge is -2.30. The molecule has 0 spiro atoms. The van der Waals surface area contributed by atoms with Gasteiger partial charge in [-0.2, -0.15) is 10.1 Å². The Morgan fingerprint density at radius 3 is 2.96 bits per heavy atom. The quantitative estimate of drug-likeness (QED) is 0.574. The standard InChI is InChI=1S/C20H22N6OS/c1-13-15-10-17(19-22-18(24-27-19)16-11-21-8-9-25(16)2)28-20(15)26(23-13)12-14-6-4-3-5-7-14/h3-7,10,16,21H,8-9,11-12H2,1-2H3. The highest BCUT2D eigenvalue weighted by atomic mass is 32.1. The lowest BCUT2D eigenvalue weighted by Crippen LogP contribution is -2.44. The van der Waals surface area contributed by atoms with E-state index in [-0.39, 0.29) is 6.04 Å². The van der Waals surface area contributed by atoms with E-state index in [1.165, 1.54) is 5.56 Å². The number of nitrogens with one attached hydrogen (secondary N) is 1. The van der Waals surface area contributed by atoms with E-state index >= 15 is 0 Å². The van der Waals surface area contributed by atoms with E-state index in [9.17, 15) is 0 Å². The molecule has 1 fully saturated rings. The van der Waals surface area contributed by atoms with Crippen LogP contribution in [0.1, 0.15) is 23.1 Å². The van der Waals surface area contributed by atoms with Crippen molar-refractivity contribution < 1.29 is 4.52 Å². The van der Waals surface area contributed by atoms with Crippen molar-refractivity contribution in [1.82, 2.24) is 30.1 Å². The molecule has 1 aliphatic rings. The van der Waals surface area contributed by atoms with Gasteiger partial charge in [-0.15, -0.1) is 11.3 Å². The summed E-state index contributed by atoms with van der Waals surface area (Å²) in [5.41, 5.74) is 2.25. The number of aromatic nitrogens is 4. The average molecular weight is 395 g/mol. The number of nitrogens with zero attached hydrogens (tertiary/aromatic N) is 5. The summed E-state index contributed by atoms with van der Waals surface area (Å²) in [6.45, 7) is 5.60. The maximum absolute atomic E-state index is 5.61. The monoisotopic (exact) mass is 394 g/mol. The Hall–Kier alpha value is -2.55. The van der Waals surface area contributed by atoms with Gasteiger partial charge in [0.2, 0.25) is 0 Å². The topological polar surface area (TPSA) is 72.0 Å². The minimum Gasteiger partial charge on any atom is -0.333 e. The van der Waals surface area contributed by atoms with Crippen molar-refractivity contribution in [3.63, 3.8) is 0 Å². The molecule has 1 saturated heterocycles. The van der Waals surface area contributed by atoms with Gasteiger partial charge < -0.3 is 9.84 Å². The van der Waals surface area contributed by atoms with Crippen molar-refractivity contribution in [2.24, 2.45) is 0 Å². The van der Waals surface area contributed by atoms with Crippen LogP contribution in [0.5, 0.6) is 0 Å². The summed E-state index contributed by atoms with van der Waals surface area (Å²) < 4.78 is 7.67. The Morgan fingerprint density at radius 2 is 2.14 bits per heavy atom. The molecule has 7 nitrogen and oxygen atoms in total. The summed E-state index contributed by atoms with van der Waals surface area (Å²) in [7, 11) is 2.10. The van der Waals surface area contributed by atoms with E-state index < -0.39 is 0 Å². The molecule has 4 aromatic rings. The van der Waals surface area contributed by atoms with Gasteiger partial charge in [0, 0.05) is 25.0 Å². The molecule has 3 aromatic heterocycles. The second-order valence-corrected chi connectivity index (χ2v) is 8.25. The van der Waals surface area contributed by atoms with Crippen LogP contribution in [0.2, 0.25) is 0 Å². The van der Waals surface area contributed by atoms with Gasteiger partial charge in [-0.25, -0.2) is 0 Å². The molecule has 0 radical (unpaired) electrons. The van der Waals surface area contributed by atoms with E-state index in [2.05, 4.69) is 57.4 Å². The zero-order valence-electron chi connectivity index (χ0n) is 15.9. The lowest BCUT2D eigenvalue weighted by atomic mass is 10.2. The Balaban J connectivity index is 1.46. The third kappa shape index (κ3) is 3.13. The van der Waals surface area contributed by atoms with Crippen LogP contribution < -0.4 is 5.32 Å². The van der Waals surface area contributed by atoms with Gasteiger partial charge in [0.15, 0.2) is 5.82 Å². The Morgan fingerprint density at radius 1 is 1.29 bits per heavy atom. The molecule has 5 rings (SSSR count). The van der Waals surface area contributed by atoms with Crippen LogP contribution >= 0.6 is 11.3 Å². The van der Waals surface area contributed by atoms with Crippen molar-refractivity contribution in [2.45, 2.75) is 19.5 Å². The second kappa shape index (κ2) is 7.12. The fraction of sp³-hybridized carbons (Fsp3) is 0.350. The number of piperazine rings is 1. The Kier molecular flexibility index (Phi) is 4.46. The normalized spacial score (nSPS) is 18.1. The van der Waals surface area contributed by atoms with E-state index in [1.807, 2.05) is 13.0 Å². The van der Waals surface area contributed by atoms with Crippen molar-refractivity contribution in [3.8, 4) is 10.8 Å². The van der Waals surface area contributed by atoms with Gasteiger partial charge in [0.25, 0.3) is 5.89 Å². The molecule has 0 saturated carbocycles. The largest absolute Gasteiger partial charge is 0.333 e. The van der Waals surface area contributed by atoms with Gasteiger partial charge in [-0.1, -0.05) is 35.5 Å². The summed E-state index contributed by atoms with van der Waals surface area (Å²) in [5.74, 6) is 1.32. The van der Waals surface area contributed by atoms with Crippen LogP contribution in [0.15, 0.2) is 40.9 Å². The molecule has 28 heavy (non-hydrogen) atoms. The lowest BCUT2D eigenvalue weighted by molar-refractivity contribution is 0.190. The smallest absolute Gasteiger partial charge is 0.268 e. The fourth-order valence-electron chi connectivity index (χ4n) is 3.65. The molecule has 4 heterocycles. The zero-order valence-corrected chi connectivity index (χ0v) is 16.7. The highest BCUT2D eigenvalue weighted by Crippen LogP contribution is 2.35. The molecule has 1 N–H and O–H groups in total. The van der Waals surface area contributed by atoms with Gasteiger partial charge >= 0.3 is 0 Å². The predicted octanol–water partition coefficient (Wildman–Crippen LogP) is 3.08. The molecule has 1 atom stereocenters. The second-order valence-electron chi connectivity index (χ2n) is 7.22. The fourth-order valence-corrected chi connectivity index (χ4v) is 4.73. The van der Waals surface area contributed by atoms with Crippen LogP contribution in [-0.2, 0) is 6.54 Å². The summed E-state index contributed by atoms with van der Waals surface area (Å²) in [6.07, 6.45) is 0. The molecule has 0 amide bonds. The van der Waals surface area contributed by atoms with Crippen molar-refractivity contribution in [2.75, 3.05) is 26.7 Å². The average Bonchev–Trinajstić information content (AvgIpc) is 3.41. The minimum atomic E-state index is 0.149. The van der Waals surface area contributed by atoms with Crippen molar-refractivity contribution in [3.05, 3.63) is 53.5 Å². The minimum absolute atomic E-state index is 0.149. The maximum atomic E-state index is 5.61. The summed E-state index contributed by atoms with van der Waals surface area (Å²) in [4.78, 5) is 9.08. The van der Waals surface area contributed by atoms with Gasteiger partial charge in [0.1, 0.15) is 4.83 Å². The number of likely N-dealkylation sites (N-methyl/N-ethyl adjacent to an activating group) is 1. The highest BCUT2D eigenvalue weighted by Gasteiger charge is 2.26. The number of thiophene rings is 1. The zero-order chi connectivity index (χ0) is 19.1. The van der Waals surface area contributed by atoms with Crippen LogP contribution in [0.4, 0.5) is 0 Å². The highest BCUT2D eigenvalue weighted by molar-refractivity contribution is 7.21. The van der Waals surface area contributed by atoms with E-state index in [0.717, 1.165) is 52.8 Å². The first-order chi connectivity index (χ1) is 13.7. The number of aryl methyl sites for hydroxylation is 1. The summed E-state index contributed by atoms with van der Waals surface area (Å²) in [5, 5.41) is 13.5. The molecule has 144 valence electrons. The molecule has 1 unspecified atom stereocenters. The number of hydrogen-bond donors (Lipinski definition) is 1. The third-order valence-corrected chi connectivity index (χ3v) is 6.38. The number of rotatable bonds is 4. The predicted molar refractivity (Wildman–Crippen MR) is 109 cm³/mol. The van der Waals surface area contributed by atoms with Crippen molar-refractivity contribution >= 4 is 21.6 Å². The Labute approximate surface area is 167 Å². The van der Waals surface area contributed by atoms with E-state index in [0.29, 0.717) is 5.89 Å². The van der Waals surface area contributed by atoms with Crippen LogP contribution in [0, 0.1) is 6.92 Å². The van der Waals surface area contributed by atoms with Crippen LogP contribution in [0.3, 0.4) is 0 Å². The molecular formula is C20H22N6OS. The summed E-state index contributed by atoms with van der Waals surface area (Å²) >= 11 is 1.65. The first-order valence-corrected chi connectivity index (χ1v) is 10.3. The van der Waals surface area contributed by atoms with Gasteiger partial charge in [0.05, 0.1) is 23.2 Å². The van der Waals surface area contributed by atoms with Crippen LogP contribution in [0.25, 0.3) is 21.0 Å². The maximum Gasteiger partial charge on any atom is 0.268 e. The first-order valence-electron chi connectivity index (χ1n) is 9.45. The molecule has 0 aliphatic carbocycles. The molecular weight excluding hydrogens is 372 g/mol.